The molecule has 140 valence electrons. The number of hydrogen-bond donors (Lipinski definition) is 1. The van der Waals surface area contributed by atoms with E-state index in [9.17, 15) is 13.2 Å². The van der Waals surface area contributed by atoms with E-state index in [4.69, 9.17) is 11.6 Å². The molecule has 0 radical (unpaired) electrons. The predicted octanol–water partition coefficient (Wildman–Crippen LogP) is 3.43. The SMILES string of the molecule is Cc1cc(C)cc(N([C@H](C)C(=O)NCc2ccc(Cl)cc2)S(C)(=O)=O)c1. The Kier molecular flexibility index (Phi) is 6.31. The molecular formula is C19H23ClN2O3S. The van der Waals surface area contributed by atoms with Gasteiger partial charge in [0.1, 0.15) is 6.04 Å². The third-order valence-corrected chi connectivity index (χ3v) is 5.42. The van der Waals surface area contributed by atoms with Crippen molar-refractivity contribution in [2.75, 3.05) is 10.6 Å². The first-order valence-electron chi connectivity index (χ1n) is 8.18. The first kappa shape index (κ1) is 20.3. The number of hydrogen-bond acceptors (Lipinski definition) is 3. The van der Waals surface area contributed by atoms with Crippen LogP contribution < -0.4 is 9.62 Å². The molecule has 0 aliphatic heterocycles. The van der Waals surface area contributed by atoms with Crippen molar-refractivity contribution in [2.24, 2.45) is 0 Å². The molecule has 1 atom stereocenters. The van der Waals surface area contributed by atoms with Gasteiger partial charge in [-0.15, -0.1) is 0 Å². The van der Waals surface area contributed by atoms with Crippen LogP contribution in [0.15, 0.2) is 42.5 Å². The van der Waals surface area contributed by atoms with Gasteiger partial charge in [-0.1, -0.05) is 29.8 Å². The summed E-state index contributed by atoms with van der Waals surface area (Å²) in [6.07, 6.45) is 1.10. The van der Waals surface area contributed by atoms with E-state index in [-0.39, 0.29) is 5.91 Å². The quantitative estimate of drug-likeness (QED) is 0.816. The van der Waals surface area contributed by atoms with Crippen molar-refractivity contribution >= 4 is 33.2 Å². The summed E-state index contributed by atoms with van der Waals surface area (Å²) in [6.45, 7) is 5.66. The van der Waals surface area contributed by atoms with Gasteiger partial charge in [-0.25, -0.2) is 8.42 Å². The van der Waals surface area contributed by atoms with E-state index >= 15 is 0 Å². The highest BCUT2D eigenvalue weighted by atomic mass is 35.5. The molecular weight excluding hydrogens is 372 g/mol. The molecule has 2 aromatic rings. The lowest BCUT2D eigenvalue weighted by molar-refractivity contribution is -0.122. The number of halogens is 1. The molecule has 2 rings (SSSR count). The molecule has 0 aliphatic rings. The summed E-state index contributed by atoms with van der Waals surface area (Å²) in [5, 5.41) is 3.40. The smallest absolute Gasteiger partial charge is 0.243 e. The van der Waals surface area contributed by atoms with Gasteiger partial charge in [-0.3, -0.25) is 9.10 Å². The third-order valence-electron chi connectivity index (χ3n) is 3.93. The van der Waals surface area contributed by atoms with Gasteiger partial charge in [0.15, 0.2) is 0 Å². The van der Waals surface area contributed by atoms with Crippen LogP contribution in [0.5, 0.6) is 0 Å². The van der Waals surface area contributed by atoms with Gasteiger partial charge >= 0.3 is 0 Å². The van der Waals surface area contributed by atoms with Crippen molar-refractivity contribution in [3.63, 3.8) is 0 Å². The molecule has 0 fully saturated rings. The van der Waals surface area contributed by atoms with Gasteiger partial charge in [0.05, 0.1) is 11.9 Å². The maximum Gasteiger partial charge on any atom is 0.243 e. The Balaban J connectivity index is 2.22. The van der Waals surface area contributed by atoms with Crippen LogP contribution in [-0.4, -0.2) is 26.6 Å². The highest BCUT2D eigenvalue weighted by Gasteiger charge is 2.29. The van der Waals surface area contributed by atoms with E-state index in [0.29, 0.717) is 17.3 Å². The second-order valence-electron chi connectivity index (χ2n) is 6.42. The number of rotatable bonds is 6. The predicted molar refractivity (Wildman–Crippen MR) is 106 cm³/mol. The number of carbonyl (C=O) groups excluding carboxylic acids is 1. The number of aryl methyl sites for hydroxylation is 2. The molecule has 1 N–H and O–H groups in total. The number of anilines is 1. The van der Waals surface area contributed by atoms with Gasteiger partial charge in [-0.2, -0.15) is 0 Å². The zero-order valence-electron chi connectivity index (χ0n) is 15.3. The Labute approximate surface area is 160 Å². The second kappa shape index (κ2) is 8.10. The number of amides is 1. The first-order valence-corrected chi connectivity index (χ1v) is 10.4. The van der Waals surface area contributed by atoms with E-state index in [1.54, 1.807) is 31.2 Å². The van der Waals surface area contributed by atoms with Gasteiger partial charge < -0.3 is 5.32 Å². The van der Waals surface area contributed by atoms with E-state index in [1.165, 1.54) is 0 Å². The first-order chi connectivity index (χ1) is 12.1. The molecule has 0 bridgehead atoms. The molecule has 2 aromatic carbocycles. The number of nitrogens with zero attached hydrogens (tertiary/aromatic N) is 1. The van der Waals surface area contributed by atoms with Crippen molar-refractivity contribution in [2.45, 2.75) is 33.4 Å². The molecule has 0 unspecified atom stereocenters. The van der Waals surface area contributed by atoms with Crippen LogP contribution in [0.4, 0.5) is 5.69 Å². The Bertz CT molecular complexity index is 875. The summed E-state index contributed by atoms with van der Waals surface area (Å²) < 4.78 is 25.8. The highest BCUT2D eigenvalue weighted by Crippen LogP contribution is 2.24. The van der Waals surface area contributed by atoms with E-state index in [0.717, 1.165) is 27.3 Å². The van der Waals surface area contributed by atoms with Crippen LogP contribution in [-0.2, 0) is 21.4 Å². The van der Waals surface area contributed by atoms with E-state index in [2.05, 4.69) is 5.32 Å². The molecule has 0 spiro atoms. The number of sulfonamides is 1. The fourth-order valence-corrected chi connectivity index (χ4v) is 4.11. The zero-order valence-corrected chi connectivity index (χ0v) is 16.9. The fraction of sp³-hybridized carbons (Fsp3) is 0.316. The topological polar surface area (TPSA) is 66.5 Å². The summed E-state index contributed by atoms with van der Waals surface area (Å²) in [4.78, 5) is 12.6. The molecule has 0 heterocycles. The molecule has 5 nitrogen and oxygen atoms in total. The Morgan fingerprint density at radius 1 is 1.12 bits per heavy atom. The van der Waals surface area contributed by atoms with Crippen LogP contribution in [0, 0.1) is 13.8 Å². The fourth-order valence-electron chi connectivity index (χ4n) is 2.83. The average molecular weight is 395 g/mol. The Morgan fingerprint density at radius 3 is 2.15 bits per heavy atom. The van der Waals surface area contributed by atoms with Gasteiger partial charge in [-0.05, 0) is 61.7 Å². The number of nitrogens with one attached hydrogen (secondary N) is 1. The minimum Gasteiger partial charge on any atom is -0.350 e. The van der Waals surface area contributed by atoms with Crippen molar-refractivity contribution in [1.29, 1.82) is 0 Å². The second-order valence-corrected chi connectivity index (χ2v) is 8.72. The van der Waals surface area contributed by atoms with Crippen LogP contribution in [0.1, 0.15) is 23.6 Å². The highest BCUT2D eigenvalue weighted by molar-refractivity contribution is 7.92. The lowest BCUT2D eigenvalue weighted by Crippen LogP contribution is -2.47. The molecule has 0 aliphatic carbocycles. The monoisotopic (exact) mass is 394 g/mol. The normalized spacial score (nSPS) is 12.5. The van der Waals surface area contributed by atoms with E-state index < -0.39 is 16.1 Å². The van der Waals surface area contributed by atoms with Crippen LogP contribution in [0.2, 0.25) is 5.02 Å². The minimum atomic E-state index is -3.63. The molecule has 1 amide bonds. The average Bonchev–Trinajstić information content (AvgIpc) is 2.51. The van der Waals surface area contributed by atoms with Crippen molar-refractivity contribution < 1.29 is 13.2 Å². The standard InChI is InChI=1S/C19H23ClN2O3S/c1-13-9-14(2)11-18(10-13)22(26(4,24)25)15(3)19(23)21-12-16-5-7-17(20)8-6-16/h5-11,15H,12H2,1-4H3,(H,21,23)/t15-/m1/s1. The van der Waals surface area contributed by atoms with Crippen molar-refractivity contribution in [1.82, 2.24) is 5.32 Å². The van der Waals surface area contributed by atoms with Crippen LogP contribution in [0.25, 0.3) is 0 Å². The summed E-state index contributed by atoms with van der Waals surface area (Å²) in [5.74, 6) is -0.371. The van der Waals surface area contributed by atoms with Gasteiger partial charge in [0.2, 0.25) is 15.9 Å². The Morgan fingerprint density at radius 2 is 1.65 bits per heavy atom. The van der Waals surface area contributed by atoms with Crippen molar-refractivity contribution in [3.05, 3.63) is 64.2 Å². The third kappa shape index (κ3) is 5.22. The maximum absolute atomic E-state index is 12.6. The Hall–Kier alpha value is -2.05. The lowest BCUT2D eigenvalue weighted by Gasteiger charge is -2.28. The maximum atomic E-state index is 12.6. The number of benzene rings is 2. The minimum absolute atomic E-state index is 0.296. The summed E-state index contributed by atoms with van der Waals surface area (Å²) in [5.41, 5.74) is 3.23. The molecule has 26 heavy (non-hydrogen) atoms. The van der Waals surface area contributed by atoms with Crippen LogP contribution in [0.3, 0.4) is 0 Å². The van der Waals surface area contributed by atoms with E-state index in [1.807, 2.05) is 32.0 Å². The summed E-state index contributed by atoms with van der Waals surface area (Å²) >= 11 is 5.85. The summed E-state index contributed by atoms with van der Waals surface area (Å²) in [7, 11) is -3.63. The largest absolute Gasteiger partial charge is 0.350 e. The number of carbonyl (C=O) groups is 1. The zero-order chi connectivity index (χ0) is 19.5. The molecule has 0 saturated carbocycles. The van der Waals surface area contributed by atoms with Crippen molar-refractivity contribution in [3.8, 4) is 0 Å². The molecule has 7 heteroatoms. The summed E-state index contributed by atoms with van der Waals surface area (Å²) in [6, 6.07) is 11.7. The lowest BCUT2D eigenvalue weighted by atomic mass is 10.1. The molecule has 0 aromatic heterocycles. The van der Waals surface area contributed by atoms with Crippen LogP contribution >= 0.6 is 11.6 Å². The molecule has 0 saturated heterocycles. The van der Waals surface area contributed by atoms with Gasteiger partial charge in [0, 0.05) is 11.6 Å². The van der Waals surface area contributed by atoms with Gasteiger partial charge in [0.25, 0.3) is 0 Å².